The molecule has 0 bridgehead atoms. The van der Waals surface area contributed by atoms with E-state index in [-0.39, 0.29) is 12.4 Å². The van der Waals surface area contributed by atoms with Gasteiger partial charge in [-0.25, -0.2) is 4.98 Å². The van der Waals surface area contributed by atoms with Gasteiger partial charge in [0, 0.05) is 5.39 Å². The number of aromatic nitrogens is 1. The van der Waals surface area contributed by atoms with Gasteiger partial charge in [0.05, 0.1) is 17.8 Å². The van der Waals surface area contributed by atoms with Crippen LogP contribution in [-0.4, -0.2) is 15.2 Å². The fraction of sp³-hybridized carbons (Fsp3) is 0.167. The molecule has 0 aliphatic rings. The molecule has 3 rings (SSSR count). The second-order valence-electron chi connectivity index (χ2n) is 5.27. The molecule has 0 amide bonds. The van der Waals surface area contributed by atoms with E-state index in [2.05, 4.69) is 11.1 Å². The highest BCUT2D eigenvalue weighted by Gasteiger charge is 2.04. The summed E-state index contributed by atoms with van der Waals surface area (Å²) in [5.41, 5.74) is 4.76. The van der Waals surface area contributed by atoms with E-state index in [1.807, 2.05) is 36.4 Å². The lowest BCUT2D eigenvalue weighted by Crippen LogP contribution is -1.92. The zero-order valence-electron chi connectivity index (χ0n) is 11.9. The molecule has 0 spiro atoms. The Morgan fingerprint density at radius 3 is 2.52 bits per heavy atom. The second-order valence-corrected chi connectivity index (χ2v) is 5.27. The number of pyridine rings is 1. The van der Waals surface area contributed by atoms with E-state index in [0.717, 1.165) is 34.0 Å². The van der Waals surface area contributed by atoms with Gasteiger partial charge in [0.2, 0.25) is 0 Å². The molecule has 0 unspecified atom stereocenters. The molecule has 0 aliphatic carbocycles. The molecule has 3 aromatic rings. The molecule has 0 saturated carbocycles. The van der Waals surface area contributed by atoms with Gasteiger partial charge in [-0.2, -0.15) is 0 Å². The molecule has 2 N–H and O–H groups in total. The molecule has 0 atom stereocenters. The maximum Gasteiger partial charge on any atom is 0.137 e. The Morgan fingerprint density at radius 1 is 0.952 bits per heavy atom. The number of aryl methyl sites for hydroxylation is 1. The zero-order chi connectivity index (χ0) is 14.8. The predicted octanol–water partition coefficient (Wildman–Crippen LogP) is 3.33. The molecule has 106 valence electrons. The summed E-state index contributed by atoms with van der Waals surface area (Å²) in [7, 11) is 0. The molecule has 1 aromatic heterocycles. The number of hydrogen-bond donors (Lipinski definition) is 2. The van der Waals surface area contributed by atoms with Gasteiger partial charge in [-0.1, -0.05) is 30.3 Å². The molecule has 1 heterocycles. The Bertz CT molecular complexity index is 796. The number of fused-ring (bicyclic) bond motifs is 1. The number of aromatic hydroxyl groups is 1. The molecule has 2 aromatic carbocycles. The smallest absolute Gasteiger partial charge is 0.137 e. The molecule has 3 heteroatoms. The van der Waals surface area contributed by atoms with Crippen LogP contribution in [-0.2, 0) is 13.0 Å². The summed E-state index contributed by atoms with van der Waals surface area (Å²) in [6.07, 6.45) is 0.790. The minimum absolute atomic E-state index is 0.0582. The summed E-state index contributed by atoms with van der Waals surface area (Å²) >= 11 is 0. The largest absolute Gasteiger partial charge is 0.506 e. The molecule has 21 heavy (non-hydrogen) atoms. The van der Waals surface area contributed by atoms with Crippen LogP contribution >= 0.6 is 0 Å². The number of rotatable bonds is 3. The summed E-state index contributed by atoms with van der Waals surface area (Å²) in [6, 6.07) is 15.8. The first-order chi connectivity index (χ1) is 10.2. The van der Waals surface area contributed by atoms with Gasteiger partial charge < -0.3 is 10.2 Å². The van der Waals surface area contributed by atoms with E-state index in [1.165, 1.54) is 0 Å². The third kappa shape index (κ3) is 2.88. The van der Waals surface area contributed by atoms with Crippen molar-refractivity contribution in [3.05, 3.63) is 70.9 Å². The molecule has 0 aliphatic heterocycles. The Balaban J connectivity index is 1.95. The van der Waals surface area contributed by atoms with Gasteiger partial charge in [-0.05, 0) is 48.2 Å². The highest BCUT2D eigenvalue weighted by Crippen LogP contribution is 2.23. The summed E-state index contributed by atoms with van der Waals surface area (Å²) in [4.78, 5) is 4.37. The van der Waals surface area contributed by atoms with Crippen LogP contribution < -0.4 is 0 Å². The van der Waals surface area contributed by atoms with Crippen LogP contribution in [0.3, 0.4) is 0 Å². The van der Waals surface area contributed by atoms with E-state index in [9.17, 15) is 10.2 Å². The van der Waals surface area contributed by atoms with Crippen LogP contribution in [0.2, 0.25) is 0 Å². The maximum atomic E-state index is 9.78. The lowest BCUT2D eigenvalue weighted by Gasteiger charge is -2.07. The van der Waals surface area contributed by atoms with Gasteiger partial charge in [0.15, 0.2) is 0 Å². The first-order valence-electron chi connectivity index (χ1n) is 6.93. The van der Waals surface area contributed by atoms with E-state index < -0.39 is 0 Å². The lowest BCUT2D eigenvalue weighted by molar-refractivity contribution is 0.281. The average molecular weight is 279 g/mol. The first-order valence-corrected chi connectivity index (χ1v) is 6.93. The highest BCUT2D eigenvalue weighted by molar-refractivity contribution is 5.81. The number of nitrogens with zero attached hydrogens (tertiary/aromatic N) is 1. The van der Waals surface area contributed by atoms with Crippen molar-refractivity contribution in [3.63, 3.8) is 0 Å². The standard InChI is InChI=1S/C18H17NO2/c1-12-18(21)10-16-9-14(5-6-17(16)19-12)7-13-3-2-4-15(8-13)11-20/h2-6,8-10,20-21H,7,11H2,1H3. The Kier molecular flexibility index (Phi) is 3.59. The van der Waals surface area contributed by atoms with Crippen LogP contribution in [0, 0.1) is 6.92 Å². The summed E-state index contributed by atoms with van der Waals surface area (Å²) in [5, 5.41) is 19.9. The van der Waals surface area contributed by atoms with Crippen molar-refractivity contribution in [1.82, 2.24) is 4.98 Å². The molecule has 0 fully saturated rings. The van der Waals surface area contributed by atoms with E-state index in [1.54, 1.807) is 13.0 Å². The third-order valence-electron chi connectivity index (χ3n) is 3.63. The van der Waals surface area contributed by atoms with Crippen molar-refractivity contribution >= 4 is 10.9 Å². The van der Waals surface area contributed by atoms with E-state index in [0.29, 0.717) is 5.69 Å². The van der Waals surface area contributed by atoms with E-state index in [4.69, 9.17) is 0 Å². The van der Waals surface area contributed by atoms with Gasteiger partial charge in [0.1, 0.15) is 5.75 Å². The quantitative estimate of drug-likeness (QED) is 0.773. The topological polar surface area (TPSA) is 53.4 Å². The van der Waals surface area contributed by atoms with Crippen LogP contribution in [0.1, 0.15) is 22.4 Å². The van der Waals surface area contributed by atoms with Crippen LogP contribution in [0.15, 0.2) is 48.5 Å². The minimum Gasteiger partial charge on any atom is -0.506 e. The zero-order valence-corrected chi connectivity index (χ0v) is 11.9. The number of aliphatic hydroxyl groups excluding tert-OH is 1. The molecular formula is C18H17NO2. The molecular weight excluding hydrogens is 262 g/mol. The predicted molar refractivity (Wildman–Crippen MR) is 83.3 cm³/mol. The summed E-state index contributed by atoms with van der Waals surface area (Å²) in [6.45, 7) is 1.85. The maximum absolute atomic E-state index is 9.78. The number of aliphatic hydroxyl groups is 1. The number of hydrogen-bond acceptors (Lipinski definition) is 3. The fourth-order valence-electron chi connectivity index (χ4n) is 2.49. The van der Waals surface area contributed by atoms with Crippen molar-refractivity contribution < 1.29 is 10.2 Å². The van der Waals surface area contributed by atoms with Gasteiger partial charge in [-0.15, -0.1) is 0 Å². The lowest BCUT2D eigenvalue weighted by atomic mass is 10.0. The first kappa shape index (κ1) is 13.6. The van der Waals surface area contributed by atoms with Crippen LogP contribution in [0.25, 0.3) is 10.9 Å². The van der Waals surface area contributed by atoms with Crippen LogP contribution in [0.4, 0.5) is 0 Å². The van der Waals surface area contributed by atoms with Crippen molar-refractivity contribution in [2.75, 3.05) is 0 Å². The normalized spacial score (nSPS) is 11.0. The molecule has 0 radical (unpaired) electrons. The van der Waals surface area contributed by atoms with Gasteiger partial charge in [0.25, 0.3) is 0 Å². The highest BCUT2D eigenvalue weighted by atomic mass is 16.3. The molecule has 0 saturated heterocycles. The van der Waals surface area contributed by atoms with Crippen molar-refractivity contribution in [3.8, 4) is 5.75 Å². The van der Waals surface area contributed by atoms with Crippen molar-refractivity contribution in [2.45, 2.75) is 20.0 Å². The Labute approximate surface area is 123 Å². The van der Waals surface area contributed by atoms with Crippen molar-refractivity contribution in [2.24, 2.45) is 0 Å². The average Bonchev–Trinajstić information content (AvgIpc) is 2.49. The third-order valence-corrected chi connectivity index (χ3v) is 3.63. The van der Waals surface area contributed by atoms with E-state index >= 15 is 0 Å². The summed E-state index contributed by atoms with van der Waals surface area (Å²) < 4.78 is 0. The summed E-state index contributed by atoms with van der Waals surface area (Å²) in [5.74, 6) is 0.224. The van der Waals surface area contributed by atoms with Gasteiger partial charge in [-0.3, -0.25) is 0 Å². The second kappa shape index (κ2) is 5.54. The monoisotopic (exact) mass is 279 g/mol. The fourth-order valence-corrected chi connectivity index (χ4v) is 2.49. The molecule has 3 nitrogen and oxygen atoms in total. The Hall–Kier alpha value is -2.39. The SMILES string of the molecule is Cc1nc2ccc(Cc3cccc(CO)c3)cc2cc1O. The van der Waals surface area contributed by atoms with Gasteiger partial charge >= 0.3 is 0 Å². The van der Waals surface area contributed by atoms with Crippen LogP contribution in [0.5, 0.6) is 5.75 Å². The number of benzene rings is 2. The minimum atomic E-state index is 0.0582. The Morgan fingerprint density at radius 2 is 1.71 bits per heavy atom. The van der Waals surface area contributed by atoms with Crippen molar-refractivity contribution in [1.29, 1.82) is 0 Å².